The number of carbonyl (C=O) groups is 1. The van der Waals surface area contributed by atoms with Crippen molar-refractivity contribution in [2.75, 3.05) is 6.54 Å². The van der Waals surface area contributed by atoms with E-state index in [1.807, 2.05) is 20.8 Å². The third-order valence-corrected chi connectivity index (χ3v) is 3.35. The number of carbonyl (C=O) groups excluding carboxylic acids is 1. The lowest BCUT2D eigenvalue weighted by Gasteiger charge is -2.21. The van der Waals surface area contributed by atoms with Gasteiger partial charge in [0.2, 0.25) is 5.91 Å². The number of hydrogen-bond acceptors (Lipinski definition) is 2. The fraction of sp³-hybridized carbons (Fsp3) is 0.588. The molecule has 0 saturated heterocycles. The van der Waals surface area contributed by atoms with Gasteiger partial charge in [0, 0.05) is 24.5 Å². The second kappa shape index (κ2) is 6.89. The Morgan fingerprint density at radius 3 is 2.40 bits per heavy atom. The molecule has 0 fully saturated rings. The van der Waals surface area contributed by atoms with Crippen molar-refractivity contribution in [3.05, 3.63) is 34.9 Å². The molecule has 1 atom stereocenters. The van der Waals surface area contributed by atoms with Crippen molar-refractivity contribution in [2.24, 2.45) is 0 Å². The van der Waals surface area contributed by atoms with Crippen molar-refractivity contribution in [1.29, 1.82) is 0 Å². The molecule has 0 aliphatic heterocycles. The van der Waals surface area contributed by atoms with E-state index in [0.717, 1.165) is 0 Å². The first-order valence-corrected chi connectivity index (χ1v) is 7.30. The van der Waals surface area contributed by atoms with Crippen LogP contribution in [0, 0.1) is 13.8 Å². The molecule has 3 nitrogen and oxygen atoms in total. The van der Waals surface area contributed by atoms with Crippen molar-refractivity contribution in [3.63, 3.8) is 0 Å². The van der Waals surface area contributed by atoms with Gasteiger partial charge in [-0.2, -0.15) is 0 Å². The van der Waals surface area contributed by atoms with Gasteiger partial charge in [-0.15, -0.1) is 0 Å². The van der Waals surface area contributed by atoms with Crippen LogP contribution in [0.15, 0.2) is 18.2 Å². The zero-order chi connectivity index (χ0) is 15.3. The predicted octanol–water partition coefficient (Wildman–Crippen LogP) is 3.26. The molecular weight excluding hydrogens is 248 g/mol. The molecule has 0 bridgehead atoms. The van der Waals surface area contributed by atoms with Gasteiger partial charge in [0.25, 0.3) is 0 Å². The van der Waals surface area contributed by atoms with Gasteiger partial charge < -0.3 is 10.6 Å². The van der Waals surface area contributed by atoms with Crippen LogP contribution in [0.25, 0.3) is 0 Å². The molecule has 1 aromatic rings. The van der Waals surface area contributed by atoms with Crippen LogP contribution < -0.4 is 10.6 Å². The van der Waals surface area contributed by atoms with Crippen molar-refractivity contribution in [2.45, 2.75) is 59.5 Å². The highest BCUT2D eigenvalue weighted by Gasteiger charge is 2.13. The van der Waals surface area contributed by atoms with E-state index < -0.39 is 0 Å². The number of aryl methyl sites for hydroxylation is 2. The Balaban J connectivity index is 2.42. The highest BCUT2D eigenvalue weighted by molar-refractivity contribution is 5.76. The second-order valence-corrected chi connectivity index (χ2v) is 6.57. The monoisotopic (exact) mass is 276 g/mol. The van der Waals surface area contributed by atoms with Gasteiger partial charge in [0.15, 0.2) is 0 Å². The summed E-state index contributed by atoms with van der Waals surface area (Å²) in [6.07, 6.45) is 0.506. The molecule has 0 spiro atoms. The number of benzene rings is 1. The van der Waals surface area contributed by atoms with Gasteiger partial charge in [-0.05, 0) is 58.2 Å². The molecule has 0 aromatic heterocycles. The molecule has 0 aliphatic rings. The molecule has 3 heteroatoms. The van der Waals surface area contributed by atoms with Crippen molar-refractivity contribution >= 4 is 5.91 Å². The Kier molecular flexibility index (Phi) is 5.75. The molecule has 0 heterocycles. The fourth-order valence-corrected chi connectivity index (χ4v) is 2.03. The van der Waals surface area contributed by atoms with Crippen LogP contribution >= 0.6 is 0 Å². The maximum absolute atomic E-state index is 11.7. The lowest BCUT2D eigenvalue weighted by molar-refractivity contribution is -0.122. The Morgan fingerprint density at radius 1 is 1.20 bits per heavy atom. The molecule has 1 unspecified atom stereocenters. The van der Waals surface area contributed by atoms with Gasteiger partial charge in [-0.25, -0.2) is 0 Å². The van der Waals surface area contributed by atoms with Crippen LogP contribution in [0.2, 0.25) is 0 Å². The molecule has 1 amide bonds. The minimum absolute atomic E-state index is 0.0947. The lowest BCUT2D eigenvalue weighted by atomic mass is 10.0. The predicted molar refractivity (Wildman–Crippen MR) is 84.8 cm³/mol. The van der Waals surface area contributed by atoms with E-state index in [9.17, 15) is 4.79 Å². The third-order valence-electron chi connectivity index (χ3n) is 3.35. The van der Waals surface area contributed by atoms with E-state index in [-0.39, 0.29) is 17.5 Å². The first-order valence-electron chi connectivity index (χ1n) is 7.30. The van der Waals surface area contributed by atoms with E-state index >= 15 is 0 Å². The van der Waals surface area contributed by atoms with Gasteiger partial charge >= 0.3 is 0 Å². The maximum atomic E-state index is 11.7. The molecule has 1 rings (SSSR count). The SMILES string of the molecule is Cc1ccc(C(C)NCCC(=O)NC(C)(C)C)cc1C. The molecule has 112 valence electrons. The average Bonchev–Trinajstić information content (AvgIpc) is 2.30. The summed E-state index contributed by atoms with van der Waals surface area (Å²) in [5, 5.41) is 6.37. The first-order chi connectivity index (χ1) is 9.19. The Labute approximate surface area is 123 Å². The van der Waals surface area contributed by atoms with E-state index in [2.05, 4.69) is 49.6 Å². The lowest BCUT2D eigenvalue weighted by Crippen LogP contribution is -2.41. The van der Waals surface area contributed by atoms with E-state index in [4.69, 9.17) is 0 Å². The minimum atomic E-state index is -0.156. The number of rotatable bonds is 5. The van der Waals surface area contributed by atoms with Gasteiger partial charge in [-0.1, -0.05) is 18.2 Å². The summed E-state index contributed by atoms with van der Waals surface area (Å²) in [5.41, 5.74) is 3.73. The number of hydrogen-bond donors (Lipinski definition) is 2. The smallest absolute Gasteiger partial charge is 0.221 e. The molecular formula is C17H28N2O. The molecule has 1 aromatic carbocycles. The zero-order valence-electron chi connectivity index (χ0n) is 13.6. The van der Waals surface area contributed by atoms with E-state index in [0.29, 0.717) is 13.0 Å². The molecule has 0 radical (unpaired) electrons. The highest BCUT2D eigenvalue weighted by Crippen LogP contribution is 2.16. The van der Waals surface area contributed by atoms with E-state index in [1.165, 1.54) is 16.7 Å². The molecule has 0 saturated carbocycles. The fourth-order valence-electron chi connectivity index (χ4n) is 2.03. The van der Waals surface area contributed by atoms with E-state index in [1.54, 1.807) is 0 Å². The topological polar surface area (TPSA) is 41.1 Å². The van der Waals surface area contributed by atoms with Gasteiger partial charge in [0.1, 0.15) is 0 Å². The molecule has 0 aliphatic carbocycles. The number of nitrogens with one attached hydrogen (secondary N) is 2. The summed E-state index contributed by atoms with van der Waals surface area (Å²) in [4.78, 5) is 11.7. The molecule has 20 heavy (non-hydrogen) atoms. The van der Waals surface area contributed by atoms with Gasteiger partial charge in [0.05, 0.1) is 0 Å². The first kappa shape index (κ1) is 16.7. The summed E-state index contributed by atoms with van der Waals surface area (Å²) in [7, 11) is 0. The average molecular weight is 276 g/mol. The third kappa shape index (κ3) is 5.74. The quantitative estimate of drug-likeness (QED) is 0.866. The van der Waals surface area contributed by atoms with Crippen LogP contribution in [-0.2, 0) is 4.79 Å². The summed E-state index contributed by atoms with van der Waals surface area (Å²) in [6, 6.07) is 6.77. The standard InChI is InChI=1S/C17H28N2O/c1-12-7-8-15(11-13(12)2)14(3)18-10-9-16(20)19-17(4,5)6/h7-8,11,14,18H,9-10H2,1-6H3,(H,19,20). The Hall–Kier alpha value is -1.35. The number of amides is 1. The summed E-state index contributed by atoms with van der Waals surface area (Å²) in [5.74, 6) is 0.0947. The summed E-state index contributed by atoms with van der Waals surface area (Å²) >= 11 is 0. The van der Waals surface area contributed by atoms with Crippen molar-refractivity contribution in [3.8, 4) is 0 Å². The highest BCUT2D eigenvalue weighted by atomic mass is 16.1. The zero-order valence-corrected chi connectivity index (χ0v) is 13.6. The minimum Gasteiger partial charge on any atom is -0.351 e. The normalized spacial score (nSPS) is 13.1. The van der Waals surface area contributed by atoms with Crippen LogP contribution in [0.5, 0.6) is 0 Å². The van der Waals surface area contributed by atoms with Crippen molar-refractivity contribution in [1.82, 2.24) is 10.6 Å². The van der Waals surface area contributed by atoms with Crippen LogP contribution in [0.4, 0.5) is 0 Å². The second-order valence-electron chi connectivity index (χ2n) is 6.57. The van der Waals surface area contributed by atoms with Crippen LogP contribution in [0.1, 0.15) is 56.8 Å². The van der Waals surface area contributed by atoms with Crippen LogP contribution in [0.3, 0.4) is 0 Å². The van der Waals surface area contributed by atoms with Crippen LogP contribution in [-0.4, -0.2) is 18.0 Å². The van der Waals surface area contributed by atoms with Gasteiger partial charge in [-0.3, -0.25) is 4.79 Å². The Morgan fingerprint density at radius 2 is 1.85 bits per heavy atom. The Bertz CT molecular complexity index is 461. The molecule has 2 N–H and O–H groups in total. The summed E-state index contributed by atoms with van der Waals surface area (Å²) < 4.78 is 0. The maximum Gasteiger partial charge on any atom is 0.221 e. The summed E-state index contributed by atoms with van der Waals surface area (Å²) in [6.45, 7) is 13.1. The van der Waals surface area contributed by atoms with Crippen molar-refractivity contribution < 1.29 is 4.79 Å². The largest absolute Gasteiger partial charge is 0.351 e.